The average molecular weight is 277 g/mol. The molecule has 0 amide bonds. The summed E-state index contributed by atoms with van der Waals surface area (Å²) < 4.78 is 6.62. The Balaban J connectivity index is 1.94. The van der Waals surface area contributed by atoms with Crippen LogP contribution in [0.2, 0.25) is 5.02 Å². The van der Waals surface area contributed by atoms with E-state index in [9.17, 15) is 0 Å². The maximum atomic E-state index is 6.05. The van der Waals surface area contributed by atoms with E-state index in [4.69, 9.17) is 16.3 Å². The zero-order valence-electron chi connectivity index (χ0n) is 7.59. The van der Waals surface area contributed by atoms with Crippen LogP contribution in [-0.4, -0.2) is 19.2 Å². The monoisotopic (exact) mass is 275 g/mol. The van der Waals surface area contributed by atoms with Crippen molar-refractivity contribution >= 4 is 27.5 Å². The van der Waals surface area contributed by atoms with Gasteiger partial charge in [0.25, 0.3) is 0 Å². The molecule has 1 aromatic rings. The van der Waals surface area contributed by atoms with Crippen molar-refractivity contribution in [3.63, 3.8) is 0 Å². The first-order chi connectivity index (χ1) is 6.75. The quantitative estimate of drug-likeness (QED) is 0.916. The Kier molecular flexibility index (Phi) is 3.44. The minimum atomic E-state index is 0.356. The molecular formula is C10H11BrClNO. The van der Waals surface area contributed by atoms with Crippen molar-refractivity contribution < 1.29 is 4.74 Å². The van der Waals surface area contributed by atoms with E-state index >= 15 is 0 Å². The molecule has 2 rings (SSSR count). The molecule has 0 bridgehead atoms. The number of nitrogens with one attached hydrogen (secondary N) is 1. The SMILES string of the molecule is Clc1cc(Br)ccc1COC1CNC1. The van der Waals surface area contributed by atoms with Gasteiger partial charge in [0.15, 0.2) is 0 Å². The van der Waals surface area contributed by atoms with Gasteiger partial charge in [0, 0.05) is 22.6 Å². The van der Waals surface area contributed by atoms with Crippen LogP contribution in [0, 0.1) is 0 Å². The van der Waals surface area contributed by atoms with E-state index < -0.39 is 0 Å². The molecule has 1 heterocycles. The molecule has 0 unspecified atom stereocenters. The summed E-state index contributed by atoms with van der Waals surface area (Å²) in [7, 11) is 0. The van der Waals surface area contributed by atoms with Gasteiger partial charge in [-0.2, -0.15) is 0 Å². The summed E-state index contributed by atoms with van der Waals surface area (Å²) in [6.45, 7) is 2.50. The third kappa shape index (κ3) is 2.48. The number of hydrogen-bond acceptors (Lipinski definition) is 2. The fraction of sp³-hybridized carbons (Fsp3) is 0.400. The second-order valence-corrected chi connectivity index (χ2v) is 4.65. The standard InChI is InChI=1S/C10H11BrClNO/c11-8-2-1-7(10(12)3-8)6-14-9-4-13-5-9/h1-3,9,13H,4-6H2. The van der Waals surface area contributed by atoms with Gasteiger partial charge in [0.1, 0.15) is 0 Å². The second kappa shape index (κ2) is 4.62. The van der Waals surface area contributed by atoms with Crippen molar-refractivity contribution in [1.82, 2.24) is 5.32 Å². The maximum absolute atomic E-state index is 6.05. The Bertz CT molecular complexity index is 328. The zero-order chi connectivity index (χ0) is 9.97. The van der Waals surface area contributed by atoms with E-state index in [0.29, 0.717) is 12.7 Å². The molecule has 0 aliphatic carbocycles. The van der Waals surface area contributed by atoms with E-state index in [1.807, 2.05) is 18.2 Å². The Morgan fingerprint density at radius 3 is 2.86 bits per heavy atom. The number of benzene rings is 1. The smallest absolute Gasteiger partial charge is 0.0828 e. The normalized spacial score (nSPS) is 16.7. The van der Waals surface area contributed by atoms with Gasteiger partial charge in [0.2, 0.25) is 0 Å². The number of rotatable bonds is 3. The van der Waals surface area contributed by atoms with Crippen LogP contribution >= 0.6 is 27.5 Å². The molecule has 1 aromatic carbocycles. The van der Waals surface area contributed by atoms with Crippen molar-refractivity contribution in [3.8, 4) is 0 Å². The summed E-state index contributed by atoms with van der Waals surface area (Å²) in [6.07, 6.45) is 0.356. The summed E-state index contributed by atoms with van der Waals surface area (Å²) >= 11 is 9.41. The molecule has 1 saturated heterocycles. The van der Waals surface area contributed by atoms with Crippen molar-refractivity contribution in [2.24, 2.45) is 0 Å². The lowest BCUT2D eigenvalue weighted by atomic mass is 10.2. The Hall–Kier alpha value is -0.0900. The fourth-order valence-corrected chi connectivity index (χ4v) is 1.95. The van der Waals surface area contributed by atoms with Gasteiger partial charge >= 0.3 is 0 Å². The molecule has 0 atom stereocenters. The fourth-order valence-electron chi connectivity index (χ4n) is 1.23. The molecule has 0 aromatic heterocycles. The van der Waals surface area contributed by atoms with Crippen LogP contribution in [0.3, 0.4) is 0 Å². The first-order valence-corrected chi connectivity index (χ1v) is 5.69. The van der Waals surface area contributed by atoms with Gasteiger partial charge in [0.05, 0.1) is 12.7 Å². The first kappa shape index (κ1) is 10.4. The zero-order valence-corrected chi connectivity index (χ0v) is 9.94. The van der Waals surface area contributed by atoms with E-state index in [2.05, 4.69) is 21.2 Å². The molecule has 1 aliphatic heterocycles. The van der Waals surface area contributed by atoms with Crippen LogP contribution in [0.5, 0.6) is 0 Å². The molecule has 1 N–H and O–H groups in total. The molecular weight excluding hydrogens is 265 g/mol. The molecule has 1 aliphatic rings. The lowest BCUT2D eigenvalue weighted by Crippen LogP contribution is -2.48. The first-order valence-electron chi connectivity index (χ1n) is 4.52. The molecule has 14 heavy (non-hydrogen) atoms. The summed E-state index contributed by atoms with van der Waals surface area (Å²) in [6, 6.07) is 5.85. The highest BCUT2D eigenvalue weighted by atomic mass is 79.9. The van der Waals surface area contributed by atoms with Crippen molar-refractivity contribution in [1.29, 1.82) is 0 Å². The molecule has 0 saturated carbocycles. The Labute approximate surface area is 96.7 Å². The third-order valence-corrected chi connectivity index (χ3v) is 3.08. The molecule has 4 heteroatoms. The lowest BCUT2D eigenvalue weighted by molar-refractivity contribution is 0.00762. The van der Waals surface area contributed by atoms with E-state index in [1.54, 1.807) is 0 Å². The summed E-state index contributed by atoms with van der Waals surface area (Å²) in [5, 5.41) is 3.91. The molecule has 0 spiro atoms. The summed E-state index contributed by atoms with van der Waals surface area (Å²) in [4.78, 5) is 0. The van der Waals surface area contributed by atoms with Crippen molar-refractivity contribution in [2.45, 2.75) is 12.7 Å². The predicted molar refractivity (Wildman–Crippen MR) is 60.6 cm³/mol. The van der Waals surface area contributed by atoms with Gasteiger partial charge < -0.3 is 10.1 Å². The summed E-state index contributed by atoms with van der Waals surface area (Å²) in [5.74, 6) is 0. The largest absolute Gasteiger partial charge is 0.371 e. The highest BCUT2D eigenvalue weighted by Gasteiger charge is 2.17. The number of halogens is 2. The second-order valence-electron chi connectivity index (χ2n) is 3.33. The average Bonchev–Trinajstić information content (AvgIpc) is 2.05. The molecule has 76 valence electrons. The van der Waals surface area contributed by atoms with Crippen LogP contribution in [-0.2, 0) is 11.3 Å². The van der Waals surface area contributed by atoms with Gasteiger partial charge in [-0.1, -0.05) is 33.6 Å². The number of hydrogen-bond donors (Lipinski definition) is 1. The van der Waals surface area contributed by atoms with Crippen LogP contribution < -0.4 is 5.32 Å². The van der Waals surface area contributed by atoms with Gasteiger partial charge in [-0.3, -0.25) is 0 Å². The van der Waals surface area contributed by atoms with Crippen LogP contribution in [0.1, 0.15) is 5.56 Å². The van der Waals surface area contributed by atoms with Crippen LogP contribution in [0.4, 0.5) is 0 Å². The van der Waals surface area contributed by atoms with Gasteiger partial charge in [-0.15, -0.1) is 0 Å². The minimum Gasteiger partial charge on any atom is -0.371 e. The van der Waals surface area contributed by atoms with Gasteiger partial charge in [-0.25, -0.2) is 0 Å². The Morgan fingerprint density at radius 1 is 1.50 bits per heavy atom. The Morgan fingerprint density at radius 2 is 2.29 bits per heavy atom. The summed E-state index contributed by atoms with van der Waals surface area (Å²) in [5.41, 5.74) is 1.04. The minimum absolute atomic E-state index is 0.356. The van der Waals surface area contributed by atoms with Crippen molar-refractivity contribution in [3.05, 3.63) is 33.3 Å². The molecule has 1 fully saturated rings. The topological polar surface area (TPSA) is 21.3 Å². The van der Waals surface area contributed by atoms with Gasteiger partial charge in [-0.05, 0) is 17.7 Å². The van der Waals surface area contributed by atoms with E-state index in [1.165, 1.54) is 0 Å². The molecule has 0 radical (unpaired) electrons. The highest BCUT2D eigenvalue weighted by Crippen LogP contribution is 2.22. The predicted octanol–water partition coefficient (Wildman–Crippen LogP) is 2.59. The highest BCUT2D eigenvalue weighted by molar-refractivity contribution is 9.10. The third-order valence-electron chi connectivity index (χ3n) is 2.23. The van der Waals surface area contributed by atoms with Crippen LogP contribution in [0.25, 0.3) is 0 Å². The van der Waals surface area contributed by atoms with Crippen molar-refractivity contribution in [2.75, 3.05) is 13.1 Å². The number of ether oxygens (including phenoxy) is 1. The van der Waals surface area contributed by atoms with E-state index in [-0.39, 0.29) is 0 Å². The van der Waals surface area contributed by atoms with Crippen LogP contribution in [0.15, 0.2) is 22.7 Å². The maximum Gasteiger partial charge on any atom is 0.0828 e. The molecule has 2 nitrogen and oxygen atoms in total. The van der Waals surface area contributed by atoms with E-state index in [0.717, 1.165) is 28.1 Å². The lowest BCUT2D eigenvalue weighted by Gasteiger charge is -2.27.